The van der Waals surface area contributed by atoms with E-state index in [-0.39, 0.29) is 30.7 Å². The molecule has 0 fully saturated rings. The van der Waals surface area contributed by atoms with Gasteiger partial charge in [-0.25, -0.2) is 9.97 Å². The molecule has 1 aromatic carbocycles. The van der Waals surface area contributed by atoms with Crippen molar-refractivity contribution < 1.29 is 4.79 Å². The van der Waals surface area contributed by atoms with Gasteiger partial charge in [0.1, 0.15) is 12.1 Å². The molecule has 0 radical (unpaired) electrons. The second-order valence-corrected chi connectivity index (χ2v) is 3.45. The Morgan fingerprint density at radius 1 is 1.16 bits per heavy atom. The summed E-state index contributed by atoms with van der Waals surface area (Å²) in [4.78, 5) is 19.5. The van der Waals surface area contributed by atoms with Crippen molar-refractivity contribution in [3.8, 4) is 0 Å². The summed E-state index contributed by atoms with van der Waals surface area (Å²) in [5.74, 6) is 0.278. The van der Waals surface area contributed by atoms with E-state index in [4.69, 9.17) is 5.73 Å². The van der Waals surface area contributed by atoms with Gasteiger partial charge in [0.25, 0.3) is 5.91 Å². The van der Waals surface area contributed by atoms with Crippen molar-refractivity contribution in [3.63, 3.8) is 0 Å². The first-order chi connectivity index (χ1) is 8.29. The summed E-state index contributed by atoms with van der Waals surface area (Å²) < 4.78 is 0. The minimum atomic E-state index is -0.202. The summed E-state index contributed by atoms with van der Waals surface area (Å²) in [6, 6.07) is 8.76. The van der Waals surface area contributed by atoms with E-state index in [0.29, 0.717) is 17.9 Å². The lowest BCUT2D eigenvalue weighted by atomic mass is 10.1. The van der Waals surface area contributed by atoms with E-state index in [2.05, 4.69) is 15.3 Å². The molecule has 0 aliphatic rings. The molecule has 3 N–H and O–H groups in total. The van der Waals surface area contributed by atoms with Crippen LogP contribution in [-0.4, -0.2) is 15.9 Å². The predicted octanol–water partition coefficient (Wildman–Crippen LogP) is 2.03. The van der Waals surface area contributed by atoms with E-state index in [9.17, 15) is 4.79 Å². The summed E-state index contributed by atoms with van der Waals surface area (Å²) in [7, 11) is 0. The van der Waals surface area contributed by atoms with E-state index >= 15 is 0 Å². The first-order valence-electron chi connectivity index (χ1n) is 5.16. The number of carbonyl (C=O) groups excluding carboxylic acids is 1. The number of aromatic nitrogens is 2. The fourth-order valence-electron chi connectivity index (χ4n) is 1.35. The molecule has 0 aliphatic heterocycles. The van der Waals surface area contributed by atoms with Crippen LogP contribution in [0.15, 0.2) is 42.9 Å². The first-order valence-corrected chi connectivity index (χ1v) is 5.16. The maximum Gasteiger partial charge on any atom is 0.256 e. The molecule has 2 aromatic rings. The number of nitrogens with zero attached hydrogens (tertiary/aromatic N) is 2. The van der Waals surface area contributed by atoms with Crippen LogP contribution < -0.4 is 11.1 Å². The van der Waals surface area contributed by atoms with E-state index in [1.165, 1.54) is 6.33 Å². The highest BCUT2D eigenvalue weighted by Gasteiger charge is 2.05. The van der Waals surface area contributed by atoms with Gasteiger partial charge in [0.2, 0.25) is 0 Å². The average molecular weight is 301 g/mol. The summed E-state index contributed by atoms with van der Waals surface area (Å²) in [6.07, 6.45) is 2.95. The Kier molecular flexibility index (Phi) is 7.67. The molecular formula is C12H14Cl2N4O. The van der Waals surface area contributed by atoms with Gasteiger partial charge in [0.15, 0.2) is 0 Å². The number of amides is 1. The molecule has 19 heavy (non-hydrogen) atoms. The van der Waals surface area contributed by atoms with Gasteiger partial charge in [-0.3, -0.25) is 4.79 Å². The molecule has 0 spiro atoms. The largest absolute Gasteiger partial charge is 0.326 e. The molecule has 0 bridgehead atoms. The second-order valence-electron chi connectivity index (χ2n) is 3.45. The van der Waals surface area contributed by atoms with Gasteiger partial charge in [0, 0.05) is 18.3 Å². The molecular weight excluding hydrogens is 287 g/mol. The standard InChI is InChI=1S/C12H12N4O.2ClH/c13-7-9-1-3-10(4-2-9)12(17)16-11-5-6-14-8-15-11;;/h1-6,8H,7,13H2,(H,14,15,16,17);2*1H. The Labute approximate surface area is 123 Å². The van der Waals surface area contributed by atoms with Crippen LogP contribution >= 0.6 is 24.8 Å². The van der Waals surface area contributed by atoms with Crippen molar-refractivity contribution in [1.29, 1.82) is 0 Å². The zero-order valence-corrected chi connectivity index (χ0v) is 11.6. The minimum absolute atomic E-state index is 0. The van der Waals surface area contributed by atoms with Crippen molar-refractivity contribution in [3.05, 3.63) is 54.0 Å². The van der Waals surface area contributed by atoms with Crippen molar-refractivity contribution >= 4 is 36.5 Å². The monoisotopic (exact) mass is 300 g/mol. The minimum Gasteiger partial charge on any atom is -0.326 e. The van der Waals surface area contributed by atoms with Crippen molar-refractivity contribution in [2.45, 2.75) is 6.54 Å². The van der Waals surface area contributed by atoms with Crippen molar-refractivity contribution in [1.82, 2.24) is 9.97 Å². The zero-order valence-electron chi connectivity index (χ0n) is 9.95. The molecule has 0 atom stereocenters. The Hall–Kier alpha value is -1.69. The van der Waals surface area contributed by atoms with E-state index in [0.717, 1.165) is 5.56 Å². The molecule has 0 aliphatic carbocycles. The summed E-state index contributed by atoms with van der Waals surface area (Å²) >= 11 is 0. The first kappa shape index (κ1) is 17.3. The maximum absolute atomic E-state index is 11.8. The third kappa shape index (κ3) is 4.82. The number of hydrogen-bond donors (Lipinski definition) is 2. The van der Waals surface area contributed by atoms with Gasteiger partial charge in [-0.1, -0.05) is 12.1 Å². The quantitative estimate of drug-likeness (QED) is 0.909. The highest BCUT2D eigenvalue weighted by atomic mass is 35.5. The van der Waals surface area contributed by atoms with Gasteiger partial charge < -0.3 is 11.1 Å². The van der Waals surface area contributed by atoms with Gasteiger partial charge in [0.05, 0.1) is 0 Å². The fraction of sp³-hybridized carbons (Fsp3) is 0.0833. The van der Waals surface area contributed by atoms with Crippen LogP contribution in [0.3, 0.4) is 0 Å². The average Bonchev–Trinajstić information content (AvgIpc) is 2.40. The van der Waals surface area contributed by atoms with Crippen LogP contribution in [0.2, 0.25) is 0 Å². The summed E-state index contributed by atoms with van der Waals surface area (Å²) in [6.45, 7) is 0.466. The molecule has 1 amide bonds. The fourth-order valence-corrected chi connectivity index (χ4v) is 1.35. The third-order valence-electron chi connectivity index (χ3n) is 2.28. The SMILES string of the molecule is Cl.Cl.NCc1ccc(C(=O)Nc2ccncn2)cc1. The number of nitrogens with two attached hydrogens (primary N) is 1. The highest BCUT2D eigenvalue weighted by Crippen LogP contribution is 2.07. The van der Waals surface area contributed by atoms with Crippen molar-refractivity contribution in [2.24, 2.45) is 5.73 Å². The van der Waals surface area contributed by atoms with E-state index in [1.807, 2.05) is 12.1 Å². The van der Waals surface area contributed by atoms with Gasteiger partial charge >= 0.3 is 0 Å². The highest BCUT2D eigenvalue weighted by molar-refractivity contribution is 6.03. The van der Waals surface area contributed by atoms with Crippen LogP contribution in [0.25, 0.3) is 0 Å². The molecule has 0 unspecified atom stereocenters. The zero-order chi connectivity index (χ0) is 12.1. The van der Waals surface area contributed by atoms with Gasteiger partial charge in [-0.2, -0.15) is 0 Å². The number of hydrogen-bond acceptors (Lipinski definition) is 4. The Morgan fingerprint density at radius 3 is 2.37 bits per heavy atom. The molecule has 1 heterocycles. The Bertz CT molecular complexity index is 505. The van der Waals surface area contributed by atoms with Gasteiger partial charge in [-0.15, -0.1) is 24.8 Å². The lowest BCUT2D eigenvalue weighted by Crippen LogP contribution is -2.13. The van der Waals surface area contributed by atoms with Crippen LogP contribution in [0, 0.1) is 0 Å². The smallest absolute Gasteiger partial charge is 0.256 e. The Morgan fingerprint density at radius 2 is 1.84 bits per heavy atom. The van der Waals surface area contributed by atoms with Gasteiger partial charge in [-0.05, 0) is 23.8 Å². The predicted molar refractivity (Wildman–Crippen MR) is 78.8 cm³/mol. The third-order valence-corrected chi connectivity index (χ3v) is 2.28. The van der Waals surface area contributed by atoms with Crippen LogP contribution in [0.4, 0.5) is 5.82 Å². The van der Waals surface area contributed by atoms with Crippen LogP contribution in [-0.2, 0) is 6.54 Å². The molecule has 1 aromatic heterocycles. The van der Waals surface area contributed by atoms with Crippen molar-refractivity contribution in [2.75, 3.05) is 5.32 Å². The summed E-state index contributed by atoms with van der Waals surface area (Å²) in [5.41, 5.74) is 7.04. The molecule has 0 saturated carbocycles. The number of nitrogens with one attached hydrogen (secondary N) is 1. The number of halogens is 2. The lowest BCUT2D eigenvalue weighted by molar-refractivity contribution is 0.102. The maximum atomic E-state index is 11.8. The topological polar surface area (TPSA) is 80.9 Å². The number of rotatable bonds is 3. The van der Waals surface area contributed by atoms with Crippen LogP contribution in [0.1, 0.15) is 15.9 Å². The van der Waals surface area contributed by atoms with E-state index < -0.39 is 0 Å². The number of benzene rings is 1. The number of carbonyl (C=O) groups is 1. The molecule has 0 saturated heterocycles. The molecule has 102 valence electrons. The lowest BCUT2D eigenvalue weighted by Gasteiger charge is -2.04. The normalized spacial score (nSPS) is 8.89. The molecule has 2 rings (SSSR count). The molecule has 5 nitrogen and oxygen atoms in total. The number of anilines is 1. The van der Waals surface area contributed by atoms with Crippen LogP contribution in [0.5, 0.6) is 0 Å². The Balaban J connectivity index is 0.00000162. The summed E-state index contributed by atoms with van der Waals surface area (Å²) in [5, 5.41) is 2.67. The second kappa shape index (κ2) is 8.42. The molecule has 7 heteroatoms. The van der Waals surface area contributed by atoms with E-state index in [1.54, 1.807) is 24.4 Å².